The van der Waals surface area contributed by atoms with Gasteiger partial charge in [-0.1, -0.05) is 28.1 Å². The van der Waals surface area contributed by atoms with E-state index in [-0.39, 0.29) is 28.3 Å². The summed E-state index contributed by atoms with van der Waals surface area (Å²) >= 11 is 3.42. The Hall–Kier alpha value is -2.45. The largest absolute Gasteiger partial charge is 0.450 e. The molecule has 0 radical (unpaired) electrons. The Morgan fingerprint density at radius 1 is 1.06 bits per heavy atom. The highest BCUT2D eigenvalue weighted by molar-refractivity contribution is 9.10. The lowest BCUT2D eigenvalue weighted by Gasteiger charge is -2.30. The summed E-state index contributed by atoms with van der Waals surface area (Å²) in [5.41, 5.74) is 3.08. The number of fused-ring (bicyclic) bond motifs is 2. The molecule has 31 heavy (non-hydrogen) atoms. The molecule has 1 saturated heterocycles. The van der Waals surface area contributed by atoms with Crippen LogP contribution in [-0.2, 0) is 9.84 Å². The minimum absolute atomic E-state index is 0.0120. The number of rotatable bonds is 2. The summed E-state index contributed by atoms with van der Waals surface area (Å²) < 4.78 is 31.2. The number of nitrogens with zero attached hydrogens (tertiary/aromatic N) is 1. The van der Waals surface area contributed by atoms with Crippen LogP contribution >= 0.6 is 15.9 Å². The maximum absolute atomic E-state index is 13.6. The second-order valence-corrected chi connectivity index (χ2v) is 11.5. The van der Waals surface area contributed by atoms with Crippen molar-refractivity contribution in [2.24, 2.45) is 0 Å². The zero-order valence-corrected chi connectivity index (χ0v) is 19.4. The summed E-state index contributed by atoms with van der Waals surface area (Å²) in [4.78, 5) is 28.6. The van der Waals surface area contributed by atoms with Gasteiger partial charge in [-0.2, -0.15) is 0 Å². The van der Waals surface area contributed by atoms with Crippen molar-refractivity contribution in [3.8, 4) is 0 Å². The molecule has 8 heteroatoms. The van der Waals surface area contributed by atoms with Gasteiger partial charge in [-0.05, 0) is 61.2 Å². The lowest BCUT2D eigenvalue weighted by Crippen LogP contribution is -2.40. The first kappa shape index (κ1) is 20.5. The fourth-order valence-corrected chi connectivity index (χ4v) is 6.56. The van der Waals surface area contributed by atoms with Gasteiger partial charge in [0.15, 0.2) is 15.3 Å². The number of aryl methyl sites for hydroxylation is 2. The van der Waals surface area contributed by atoms with E-state index in [0.29, 0.717) is 17.4 Å². The average Bonchev–Trinajstić information content (AvgIpc) is 3.21. The molecular weight excluding hydrogens is 482 g/mol. The first-order valence-electron chi connectivity index (χ1n) is 10.0. The Kier molecular flexibility index (Phi) is 4.64. The summed E-state index contributed by atoms with van der Waals surface area (Å²) in [5.74, 6) is -0.488. The molecule has 0 unspecified atom stereocenters. The van der Waals surface area contributed by atoms with Crippen LogP contribution in [0.5, 0.6) is 0 Å². The third-order valence-electron chi connectivity index (χ3n) is 6.31. The van der Waals surface area contributed by atoms with Crippen LogP contribution in [0.15, 0.2) is 50.1 Å². The maximum Gasteiger partial charge on any atom is 0.291 e. The van der Waals surface area contributed by atoms with E-state index in [1.54, 1.807) is 17.0 Å². The first-order chi connectivity index (χ1) is 14.7. The fourth-order valence-electron chi connectivity index (χ4n) is 4.59. The van der Waals surface area contributed by atoms with Crippen LogP contribution in [0, 0.1) is 13.8 Å². The Labute approximate surface area is 187 Å². The van der Waals surface area contributed by atoms with Crippen LogP contribution < -0.4 is 5.43 Å². The zero-order chi connectivity index (χ0) is 22.1. The Morgan fingerprint density at radius 3 is 2.39 bits per heavy atom. The van der Waals surface area contributed by atoms with Crippen LogP contribution in [0.2, 0.25) is 0 Å². The summed E-state index contributed by atoms with van der Waals surface area (Å²) in [6.07, 6.45) is 0.348. The summed E-state index contributed by atoms with van der Waals surface area (Å²) in [7, 11) is -3.23. The molecule has 2 aromatic carbocycles. The topological polar surface area (TPSA) is 84.7 Å². The molecule has 0 saturated carbocycles. The minimum atomic E-state index is -3.23. The molecule has 1 aromatic heterocycles. The SMILES string of the molecule is Cc1cc2oc3c(c(=O)c2cc1C)[C@@H](c1ccc(Br)cc1)N([C@H]1CCS(=O)(=O)C1)C3=O. The molecule has 0 N–H and O–H groups in total. The van der Waals surface area contributed by atoms with Gasteiger partial charge in [-0.15, -0.1) is 0 Å². The number of hydrogen-bond acceptors (Lipinski definition) is 5. The lowest BCUT2D eigenvalue weighted by molar-refractivity contribution is 0.0662. The molecule has 1 fully saturated rings. The van der Waals surface area contributed by atoms with Crippen molar-refractivity contribution in [2.75, 3.05) is 11.5 Å². The van der Waals surface area contributed by atoms with Gasteiger partial charge in [-0.25, -0.2) is 8.42 Å². The predicted molar refractivity (Wildman–Crippen MR) is 121 cm³/mol. The highest BCUT2D eigenvalue weighted by atomic mass is 79.9. The Morgan fingerprint density at radius 2 is 1.74 bits per heavy atom. The van der Waals surface area contributed by atoms with Gasteiger partial charge in [0.2, 0.25) is 5.76 Å². The second-order valence-electron chi connectivity index (χ2n) is 8.33. The van der Waals surface area contributed by atoms with E-state index in [0.717, 1.165) is 21.2 Å². The smallest absolute Gasteiger partial charge is 0.291 e. The van der Waals surface area contributed by atoms with Crippen LogP contribution in [0.1, 0.15) is 45.3 Å². The Balaban J connectivity index is 1.77. The molecule has 3 aromatic rings. The number of sulfone groups is 1. The van der Waals surface area contributed by atoms with E-state index in [9.17, 15) is 18.0 Å². The number of carbonyl (C=O) groups is 1. The molecule has 3 heterocycles. The second kappa shape index (κ2) is 7.03. The molecule has 6 nitrogen and oxygen atoms in total. The van der Waals surface area contributed by atoms with Gasteiger partial charge in [0, 0.05) is 10.5 Å². The number of hydrogen-bond donors (Lipinski definition) is 0. The van der Waals surface area contributed by atoms with E-state index in [1.165, 1.54) is 0 Å². The average molecular weight is 502 g/mol. The van der Waals surface area contributed by atoms with E-state index < -0.39 is 27.8 Å². The van der Waals surface area contributed by atoms with E-state index in [4.69, 9.17) is 4.42 Å². The van der Waals surface area contributed by atoms with Gasteiger partial charge in [0.25, 0.3) is 5.91 Å². The van der Waals surface area contributed by atoms with E-state index >= 15 is 0 Å². The highest BCUT2D eigenvalue weighted by Gasteiger charge is 2.48. The van der Waals surface area contributed by atoms with Gasteiger partial charge < -0.3 is 9.32 Å². The summed E-state index contributed by atoms with van der Waals surface area (Å²) in [5, 5.41) is 0.428. The first-order valence-corrected chi connectivity index (χ1v) is 12.6. The minimum Gasteiger partial charge on any atom is -0.450 e. The monoisotopic (exact) mass is 501 g/mol. The normalized spacial score (nSPS) is 22.3. The van der Waals surface area contributed by atoms with Crippen molar-refractivity contribution >= 4 is 42.6 Å². The number of benzene rings is 2. The van der Waals surface area contributed by atoms with Gasteiger partial charge >= 0.3 is 0 Å². The Bertz CT molecular complexity index is 1410. The lowest BCUT2D eigenvalue weighted by atomic mass is 9.97. The molecule has 2 aliphatic heterocycles. The molecule has 5 rings (SSSR count). The third kappa shape index (κ3) is 3.24. The molecule has 0 spiro atoms. The van der Waals surface area contributed by atoms with Crippen LogP contribution in [0.4, 0.5) is 0 Å². The van der Waals surface area contributed by atoms with Crippen molar-refractivity contribution < 1.29 is 17.6 Å². The molecule has 160 valence electrons. The van der Waals surface area contributed by atoms with E-state index in [2.05, 4.69) is 15.9 Å². The van der Waals surface area contributed by atoms with Crippen molar-refractivity contribution in [2.45, 2.75) is 32.4 Å². The standard InChI is InChI=1S/C23H20BrNO5S/c1-12-9-17-18(10-13(12)2)30-22-19(21(17)26)20(14-3-5-15(24)6-4-14)25(23(22)27)16-7-8-31(28,29)11-16/h3-6,9-10,16,20H,7-8,11H2,1-2H3/t16-,20+/m0/s1. The van der Waals surface area contributed by atoms with Crippen molar-refractivity contribution in [1.29, 1.82) is 0 Å². The molecule has 0 bridgehead atoms. The molecule has 0 aliphatic carbocycles. The molecule has 2 aliphatic rings. The van der Waals surface area contributed by atoms with Crippen LogP contribution in [0.3, 0.4) is 0 Å². The summed E-state index contributed by atoms with van der Waals surface area (Å²) in [6.45, 7) is 3.85. The molecule has 2 atom stereocenters. The van der Waals surface area contributed by atoms with Crippen molar-refractivity contribution in [3.05, 3.63) is 79.1 Å². The quantitative estimate of drug-likeness (QED) is 0.531. The van der Waals surface area contributed by atoms with Crippen LogP contribution in [-0.4, -0.2) is 36.8 Å². The van der Waals surface area contributed by atoms with Gasteiger partial charge in [0.1, 0.15) is 5.58 Å². The maximum atomic E-state index is 13.6. The van der Waals surface area contributed by atoms with E-state index in [1.807, 2.05) is 38.1 Å². The number of carbonyl (C=O) groups excluding carboxylic acids is 1. The highest BCUT2D eigenvalue weighted by Crippen LogP contribution is 2.41. The van der Waals surface area contributed by atoms with Crippen molar-refractivity contribution in [1.82, 2.24) is 4.90 Å². The zero-order valence-electron chi connectivity index (χ0n) is 17.0. The molecular formula is C23H20BrNO5S. The molecule has 1 amide bonds. The predicted octanol–water partition coefficient (Wildman–Crippen LogP) is 3.90. The summed E-state index contributed by atoms with van der Waals surface area (Å²) in [6, 6.07) is 9.76. The van der Waals surface area contributed by atoms with Gasteiger partial charge in [0.05, 0.1) is 28.5 Å². The van der Waals surface area contributed by atoms with Crippen LogP contribution in [0.25, 0.3) is 11.0 Å². The third-order valence-corrected chi connectivity index (χ3v) is 8.59. The number of halogens is 1. The van der Waals surface area contributed by atoms with Crippen molar-refractivity contribution in [3.63, 3.8) is 0 Å². The fraction of sp³-hybridized carbons (Fsp3) is 0.304. The van der Waals surface area contributed by atoms with Gasteiger partial charge in [-0.3, -0.25) is 9.59 Å². The number of amides is 1.